The van der Waals surface area contributed by atoms with Crippen LogP contribution in [0.25, 0.3) is 0 Å². The molecule has 2 aromatic carbocycles. The van der Waals surface area contributed by atoms with Crippen molar-refractivity contribution in [2.45, 2.75) is 19.3 Å². The molecule has 1 heterocycles. The van der Waals surface area contributed by atoms with Crippen LogP contribution in [0.5, 0.6) is 0 Å². The third kappa shape index (κ3) is 3.79. The van der Waals surface area contributed by atoms with E-state index in [-0.39, 0.29) is 0 Å². The number of Topliss-reactive ketones (excluding diaryl/α,β-unsaturated/α-hetero) is 1. The van der Waals surface area contributed by atoms with Crippen molar-refractivity contribution in [3.8, 4) is 0 Å². The molecule has 0 fully saturated rings. The molecule has 2 heteroatoms. The maximum atomic E-state index is 12.2. The Balaban J connectivity index is 1.56. The SMILES string of the molecule is O=C(Cc1ccccc1)CN1CCc2ccccc2CC1. The van der Waals surface area contributed by atoms with Gasteiger partial charge in [-0.3, -0.25) is 9.69 Å². The second kappa shape index (κ2) is 6.68. The van der Waals surface area contributed by atoms with Crippen molar-refractivity contribution < 1.29 is 4.79 Å². The molecule has 0 bridgehead atoms. The van der Waals surface area contributed by atoms with Gasteiger partial charge in [0.15, 0.2) is 5.78 Å². The number of hydrogen-bond donors (Lipinski definition) is 0. The lowest BCUT2D eigenvalue weighted by atomic mass is 10.0. The topological polar surface area (TPSA) is 20.3 Å². The van der Waals surface area contributed by atoms with Crippen molar-refractivity contribution in [2.24, 2.45) is 0 Å². The lowest BCUT2D eigenvalue weighted by molar-refractivity contribution is -0.119. The summed E-state index contributed by atoms with van der Waals surface area (Å²) in [5.41, 5.74) is 3.99. The van der Waals surface area contributed by atoms with Gasteiger partial charge in [-0.05, 0) is 29.5 Å². The summed E-state index contributed by atoms with van der Waals surface area (Å²) in [6.07, 6.45) is 2.65. The molecule has 21 heavy (non-hydrogen) atoms. The lowest BCUT2D eigenvalue weighted by Crippen LogP contribution is -2.32. The van der Waals surface area contributed by atoms with Crippen LogP contribution in [0.4, 0.5) is 0 Å². The van der Waals surface area contributed by atoms with E-state index in [9.17, 15) is 4.79 Å². The highest BCUT2D eigenvalue weighted by molar-refractivity contribution is 5.82. The smallest absolute Gasteiger partial charge is 0.151 e. The van der Waals surface area contributed by atoms with E-state index >= 15 is 0 Å². The fourth-order valence-corrected chi connectivity index (χ4v) is 3.00. The number of fused-ring (bicyclic) bond motifs is 1. The van der Waals surface area contributed by atoms with Gasteiger partial charge in [-0.15, -0.1) is 0 Å². The normalized spacial score (nSPS) is 15.2. The second-order valence-electron chi connectivity index (χ2n) is 5.75. The molecule has 0 aromatic heterocycles. The van der Waals surface area contributed by atoms with E-state index in [1.165, 1.54) is 11.1 Å². The van der Waals surface area contributed by atoms with Crippen LogP contribution in [0.15, 0.2) is 54.6 Å². The number of nitrogens with zero attached hydrogens (tertiary/aromatic N) is 1. The van der Waals surface area contributed by atoms with Crippen molar-refractivity contribution in [3.05, 3.63) is 71.3 Å². The van der Waals surface area contributed by atoms with E-state index in [0.717, 1.165) is 31.5 Å². The molecule has 0 radical (unpaired) electrons. The highest BCUT2D eigenvalue weighted by Gasteiger charge is 2.16. The Morgan fingerprint density at radius 1 is 0.857 bits per heavy atom. The molecule has 0 amide bonds. The summed E-state index contributed by atoms with van der Waals surface area (Å²) in [4.78, 5) is 14.5. The van der Waals surface area contributed by atoms with Crippen LogP contribution in [0.2, 0.25) is 0 Å². The molecular weight excluding hydrogens is 258 g/mol. The minimum Gasteiger partial charge on any atom is -0.298 e. The second-order valence-corrected chi connectivity index (χ2v) is 5.75. The standard InChI is InChI=1S/C19H21NO/c21-19(14-16-6-2-1-3-7-16)15-20-12-10-17-8-4-5-9-18(17)11-13-20/h1-9H,10-15H2. The zero-order chi connectivity index (χ0) is 14.5. The van der Waals surface area contributed by atoms with E-state index in [2.05, 4.69) is 29.2 Å². The average molecular weight is 279 g/mol. The van der Waals surface area contributed by atoms with Gasteiger partial charge in [-0.25, -0.2) is 0 Å². The van der Waals surface area contributed by atoms with Gasteiger partial charge in [0.25, 0.3) is 0 Å². The van der Waals surface area contributed by atoms with E-state index in [4.69, 9.17) is 0 Å². The van der Waals surface area contributed by atoms with Gasteiger partial charge < -0.3 is 0 Å². The number of carbonyl (C=O) groups excluding carboxylic acids is 1. The molecule has 1 aliphatic rings. The zero-order valence-corrected chi connectivity index (χ0v) is 12.3. The van der Waals surface area contributed by atoms with Gasteiger partial charge >= 0.3 is 0 Å². The summed E-state index contributed by atoms with van der Waals surface area (Å²) < 4.78 is 0. The van der Waals surface area contributed by atoms with Crippen LogP contribution in [0.3, 0.4) is 0 Å². The Morgan fingerprint density at radius 3 is 2.05 bits per heavy atom. The molecule has 108 valence electrons. The number of hydrogen-bond acceptors (Lipinski definition) is 2. The fraction of sp³-hybridized carbons (Fsp3) is 0.316. The molecular formula is C19H21NO. The van der Waals surface area contributed by atoms with Gasteiger partial charge in [0, 0.05) is 19.5 Å². The molecule has 0 saturated heterocycles. The Bertz CT molecular complexity index is 579. The maximum absolute atomic E-state index is 12.2. The quantitative estimate of drug-likeness (QED) is 0.857. The fourth-order valence-electron chi connectivity index (χ4n) is 3.00. The minimum absolute atomic E-state index is 0.312. The van der Waals surface area contributed by atoms with Crippen molar-refractivity contribution in [1.29, 1.82) is 0 Å². The summed E-state index contributed by atoms with van der Waals surface area (Å²) in [7, 11) is 0. The number of carbonyl (C=O) groups is 1. The van der Waals surface area contributed by atoms with E-state index in [1.54, 1.807) is 0 Å². The summed E-state index contributed by atoms with van der Waals surface area (Å²) in [5.74, 6) is 0.312. The van der Waals surface area contributed by atoms with Gasteiger partial charge in [0.1, 0.15) is 0 Å². The van der Waals surface area contributed by atoms with Crippen molar-refractivity contribution >= 4 is 5.78 Å². The maximum Gasteiger partial charge on any atom is 0.151 e. The van der Waals surface area contributed by atoms with E-state index in [1.807, 2.05) is 30.3 Å². The molecule has 0 N–H and O–H groups in total. The van der Waals surface area contributed by atoms with Crippen LogP contribution in [-0.4, -0.2) is 30.3 Å². The number of benzene rings is 2. The minimum atomic E-state index is 0.312. The van der Waals surface area contributed by atoms with E-state index in [0.29, 0.717) is 18.7 Å². The van der Waals surface area contributed by atoms with Gasteiger partial charge in [-0.2, -0.15) is 0 Å². The molecule has 0 spiro atoms. The number of rotatable bonds is 4. The first-order chi connectivity index (χ1) is 10.3. The molecule has 0 saturated carbocycles. The first kappa shape index (κ1) is 14.0. The third-order valence-electron chi connectivity index (χ3n) is 4.16. The van der Waals surface area contributed by atoms with Gasteiger partial charge in [0.05, 0.1) is 6.54 Å². The van der Waals surface area contributed by atoms with Crippen molar-refractivity contribution in [2.75, 3.05) is 19.6 Å². The average Bonchev–Trinajstić information content (AvgIpc) is 2.71. The third-order valence-corrected chi connectivity index (χ3v) is 4.16. The number of ketones is 1. The summed E-state index contributed by atoms with van der Waals surface area (Å²) in [6, 6.07) is 18.7. The van der Waals surface area contributed by atoms with Crippen LogP contribution in [-0.2, 0) is 24.1 Å². The van der Waals surface area contributed by atoms with Crippen LogP contribution < -0.4 is 0 Å². The Kier molecular flexibility index (Phi) is 4.46. The summed E-state index contributed by atoms with van der Waals surface area (Å²) >= 11 is 0. The van der Waals surface area contributed by atoms with Crippen LogP contribution >= 0.6 is 0 Å². The molecule has 1 aliphatic heterocycles. The van der Waals surface area contributed by atoms with Crippen molar-refractivity contribution in [3.63, 3.8) is 0 Å². The zero-order valence-electron chi connectivity index (χ0n) is 12.3. The largest absolute Gasteiger partial charge is 0.298 e. The monoisotopic (exact) mass is 279 g/mol. The highest BCUT2D eigenvalue weighted by Crippen LogP contribution is 2.15. The Labute approximate surface area is 126 Å². The van der Waals surface area contributed by atoms with Crippen LogP contribution in [0, 0.1) is 0 Å². The highest BCUT2D eigenvalue weighted by atomic mass is 16.1. The lowest BCUT2D eigenvalue weighted by Gasteiger charge is -2.18. The predicted molar refractivity (Wildman–Crippen MR) is 85.4 cm³/mol. The molecule has 3 rings (SSSR count). The Hall–Kier alpha value is -1.93. The first-order valence-corrected chi connectivity index (χ1v) is 7.66. The molecule has 0 unspecified atom stereocenters. The summed E-state index contributed by atoms with van der Waals surface area (Å²) in [6.45, 7) is 2.54. The van der Waals surface area contributed by atoms with E-state index < -0.39 is 0 Å². The van der Waals surface area contributed by atoms with Gasteiger partial charge in [-0.1, -0.05) is 54.6 Å². The predicted octanol–water partition coefficient (Wildman–Crippen LogP) is 2.90. The first-order valence-electron chi connectivity index (χ1n) is 7.66. The molecule has 2 nitrogen and oxygen atoms in total. The summed E-state index contributed by atoms with van der Waals surface area (Å²) in [5, 5.41) is 0. The van der Waals surface area contributed by atoms with Gasteiger partial charge in [0.2, 0.25) is 0 Å². The molecule has 0 aliphatic carbocycles. The van der Waals surface area contributed by atoms with Crippen molar-refractivity contribution in [1.82, 2.24) is 4.90 Å². The Morgan fingerprint density at radius 2 is 1.43 bits per heavy atom. The molecule has 0 atom stereocenters. The molecule has 2 aromatic rings. The van der Waals surface area contributed by atoms with Crippen LogP contribution in [0.1, 0.15) is 16.7 Å².